The van der Waals surface area contributed by atoms with Crippen molar-refractivity contribution < 1.29 is 4.79 Å². The molecular weight excluding hydrogens is 551 g/mol. The van der Waals surface area contributed by atoms with Gasteiger partial charge in [-0.25, -0.2) is 4.98 Å². The van der Waals surface area contributed by atoms with E-state index in [0.717, 1.165) is 16.8 Å². The van der Waals surface area contributed by atoms with Crippen molar-refractivity contribution in [1.82, 2.24) is 25.1 Å². The van der Waals surface area contributed by atoms with Gasteiger partial charge in [-0.15, -0.1) is 0 Å². The summed E-state index contributed by atoms with van der Waals surface area (Å²) in [5, 5.41) is 17.1. The average molecular weight is 586 g/mol. The molecule has 0 aliphatic rings. The Labute approximate surface area is 246 Å². The molecule has 0 radical (unpaired) electrons. The summed E-state index contributed by atoms with van der Waals surface area (Å²) in [7, 11) is 0. The van der Waals surface area contributed by atoms with Crippen molar-refractivity contribution >= 4 is 46.4 Å². The van der Waals surface area contributed by atoms with Crippen molar-refractivity contribution in [2.75, 3.05) is 6.54 Å². The largest absolute Gasteiger partial charge is 0.358 e. The lowest BCUT2D eigenvalue weighted by molar-refractivity contribution is -0.122. The summed E-state index contributed by atoms with van der Waals surface area (Å²) in [4.78, 5) is 19.4. The molecule has 0 aliphatic carbocycles. The molecule has 206 valence electrons. The van der Waals surface area contributed by atoms with Crippen LogP contribution in [0, 0.1) is 11.3 Å². The lowest BCUT2D eigenvalue weighted by Crippen LogP contribution is -2.56. The number of thiocarbonyl (C=S) groups is 1. The highest BCUT2D eigenvalue weighted by Crippen LogP contribution is 2.27. The molecule has 0 atom stereocenters. The third-order valence-electron chi connectivity index (χ3n) is 5.80. The second-order valence-corrected chi connectivity index (χ2v) is 12.4. The summed E-state index contributed by atoms with van der Waals surface area (Å²) >= 11 is 18.5. The molecule has 10 heteroatoms. The molecule has 0 fully saturated rings. The Balaban J connectivity index is 1.70. The van der Waals surface area contributed by atoms with Crippen molar-refractivity contribution in [2.45, 2.75) is 65.2 Å². The van der Waals surface area contributed by atoms with Crippen molar-refractivity contribution in [3.63, 3.8) is 0 Å². The Hall–Kier alpha value is -3.12. The van der Waals surface area contributed by atoms with E-state index in [1.54, 1.807) is 30.7 Å². The van der Waals surface area contributed by atoms with E-state index in [2.05, 4.69) is 21.7 Å². The van der Waals surface area contributed by atoms with Gasteiger partial charge in [-0.1, -0.05) is 47.5 Å². The first-order chi connectivity index (χ1) is 18.3. The summed E-state index contributed by atoms with van der Waals surface area (Å²) in [5.74, 6) is -0.128. The maximum Gasteiger partial charge on any atom is 0.226 e. The predicted molar refractivity (Wildman–Crippen MR) is 161 cm³/mol. The fraction of sp³-hybridized carbons (Fsp3) is 0.379. The van der Waals surface area contributed by atoms with Crippen LogP contribution in [0.2, 0.25) is 10.0 Å². The first-order valence-corrected chi connectivity index (χ1v) is 13.7. The Bertz CT molecular complexity index is 1360. The fourth-order valence-corrected chi connectivity index (χ4v) is 4.91. The van der Waals surface area contributed by atoms with Crippen LogP contribution >= 0.6 is 35.4 Å². The maximum absolute atomic E-state index is 13.2. The number of benzene rings is 2. The van der Waals surface area contributed by atoms with Crippen LogP contribution in [0.5, 0.6) is 0 Å². The normalized spacial score (nSPS) is 11.5. The van der Waals surface area contributed by atoms with E-state index >= 15 is 0 Å². The van der Waals surface area contributed by atoms with E-state index < -0.39 is 5.54 Å². The number of rotatable bonds is 9. The van der Waals surface area contributed by atoms with E-state index in [9.17, 15) is 4.79 Å². The average Bonchev–Trinajstić information content (AvgIpc) is 3.26. The van der Waals surface area contributed by atoms with E-state index in [0.29, 0.717) is 40.4 Å². The number of nitrogens with one attached hydrogen (secondary N) is 2. The highest BCUT2D eigenvalue weighted by atomic mass is 35.5. The highest BCUT2D eigenvalue weighted by Gasteiger charge is 2.28. The van der Waals surface area contributed by atoms with Gasteiger partial charge in [0.2, 0.25) is 5.91 Å². The predicted octanol–water partition coefficient (Wildman–Crippen LogP) is 5.72. The van der Waals surface area contributed by atoms with Gasteiger partial charge in [0.05, 0.1) is 40.0 Å². The smallest absolute Gasteiger partial charge is 0.226 e. The van der Waals surface area contributed by atoms with Crippen LogP contribution in [0.25, 0.3) is 0 Å². The van der Waals surface area contributed by atoms with Gasteiger partial charge in [-0.3, -0.25) is 4.79 Å². The van der Waals surface area contributed by atoms with Crippen LogP contribution in [-0.4, -0.2) is 43.1 Å². The van der Waals surface area contributed by atoms with Crippen LogP contribution in [0.15, 0.2) is 55.0 Å². The van der Waals surface area contributed by atoms with Crippen molar-refractivity contribution in [3.05, 3.63) is 87.4 Å². The summed E-state index contributed by atoms with van der Waals surface area (Å²) in [5.41, 5.74) is 2.40. The SMILES string of the molecule is CC(C)(C)NC(=S)N(Cc1cccc(Cl)c1Cl)CC(C)(C)NC(=O)Cc1cncn1Cc1ccc(C#N)cc1. The number of nitrogens with zero attached hydrogens (tertiary/aromatic N) is 4. The zero-order valence-electron chi connectivity index (χ0n) is 22.9. The highest BCUT2D eigenvalue weighted by molar-refractivity contribution is 7.80. The number of nitriles is 1. The molecule has 0 saturated heterocycles. The minimum Gasteiger partial charge on any atom is -0.358 e. The number of amides is 1. The number of carbonyl (C=O) groups is 1. The molecule has 2 aromatic carbocycles. The number of hydrogen-bond donors (Lipinski definition) is 2. The minimum absolute atomic E-state index is 0.128. The molecule has 7 nitrogen and oxygen atoms in total. The van der Waals surface area contributed by atoms with Gasteiger partial charge in [-0.05, 0) is 76.2 Å². The standard InChI is InChI=1S/C29H34Cl2N6OS/c1-28(2,3)35-27(39)36(17-22-7-6-8-24(30)26(22)31)18-29(4,5)34-25(38)13-23-15-33-19-37(23)16-21-11-9-20(14-32)10-12-21/h6-12,15,19H,13,16-18H2,1-5H3,(H,34,38)(H,35,39). The van der Waals surface area contributed by atoms with Crippen LogP contribution in [-0.2, 0) is 24.3 Å². The molecule has 0 unspecified atom stereocenters. The van der Waals surface area contributed by atoms with E-state index in [1.165, 1.54) is 0 Å². The van der Waals surface area contributed by atoms with Crippen LogP contribution < -0.4 is 10.6 Å². The lowest BCUT2D eigenvalue weighted by atomic mass is 10.0. The van der Waals surface area contributed by atoms with Gasteiger partial charge in [0.15, 0.2) is 5.11 Å². The summed E-state index contributed by atoms with van der Waals surface area (Å²) in [6.07, 6.45) is 3.58. The topological polar surface area (TPSA) is 86.0 Å². The number of aromatic nitrogens is 2. The van der Waals surface area contributed by atoms with Gasteiger partial charge in [0, 0.05) is 37.1 Å². The quantitative estimate of drug-likeness (QED) is 0.313. The molecule has 0 spiro atoms. The molecule has 0 bridgehead atoms. The lowest BCUT2D eigenvalue weighted by Gasteiger charge is -2.37. The molecule has 39 heavy (non-hydrogen) atoms. The van der Waals surface area contributed by atoms with Crippen LogP contribution in [0.4, 0.5) is 0 Å². The molecule has 3 aromatic rings. The first kappa shape index (κ1) is 30.4. The van der Waals surface area contributed by atoms with E-state index in [4.69, 9.17) is 40.7 Å². The molecule has 1 aromatic heterocycles. The van der Waals surface area contributed by atoms with Gasteiger partial charge < -0.3 is 20.1 Å². The molecule has 2 N–H and O–H groups in total. The molecule has 1 heterocycles. The number of hydrogen-bond acceptors (Lipinski definition) is 4. The Morgan fingerprint density at radius 3 is 2.44 bits per heavy atom. The van der Waals surface area contributed by atoms with Crippen molar-refractivity contribution in [2.24, 2.45) is 0 Å². The van der Waals surface area contributed by atoms with Gasteiger partial charge in [0.1, 0.15) is 0 Å². The minimum atomic E-state index is -0.621. The molecular formula is C29H34Cl2N6OS. The third-order valence-corrected chi connectivity index (χ3v) is 7.02. The van der Waals surface area contributed by atoms with E-state index in [1.807, 2.05) is 68.4 Å². The van der Waals surface area contributed by atoms with Crippen molar-refractivity contribution in [1.29, 1.82) is 5.26 Å². The summed E-state index contributed by atoms with van der Waals surface area (Å²) < 4.78 is 1.93. The van der Waals surface area contributed by atoms with Crippen LogP contribution in [0.3, 0.4) is 0 Å². The Morgan fingerprint density at radius 2 is 1.79 bits per heavy atom. The van der Waals surface area contributed by atoms with Crippen LogP contribution in [0.1, 0.15) is 57.0 Å². The van der Waals surface area contributed by atoms with Crippen molar-refractivity contribution in [3.8, 4) is 6.07 Å². The number of imidazole rings is 1. The zero-order valence-corrected chi connectivity index (χ0v) is 25.2. The Morgan fingerprint density at radius 1 is 1.10 bits per heavy atom. The van der Waals surface area contributed by atoms with E-state index in [-0.39, 0.29) is 17.9 Å². The molecule has 1 amide bonds. The fourth-order valence-electron chi connectivity index (χ4n) is 4.10. The van der Waals surface area contributed by atoms with Gasteiger partial charge in [-0.2, -0.15) is 5.26 Å². The Kier molecular flexibility index (Phi) is 10.0. The summed E-state index contributed by atoms with van der Waals surface area (Å²) in [6.45, 7) is 11.5. The molecule has 3 rings (SSSR count). The number of carbonyl (C=O) groups excluding carboxylic acids is 1. The van der Waals surface area contributed by atoms with Gasteiger partial charge in [0.25, 0.3) is 0 Å². The zero-order chi connectivity index (χ0) is 28.8. The van der Waals surface area contributed by atoms with Gasteiger partial charge >= 0.3 is 0 Å². The summed E-state index contributed by atoms with van der Waals surface area (Å²) in [6, 6.07) is 15.0. The second-order valence-electron chi connectivity index (χ2n) is 11.2. The third kappa shape index (κ3) is 9.24. The number of halogens is 2. The molecule has 0 saturated carbocycles. The first-order valence-electron chi connectivity index (χ1n) is 12.6. The molecule has 0 aliphatic heterocycles. The second kappa shape index (κ2) is 12.8. The monoisotopic (exact) mass is 584 g/mol. The maximum atomic E-state index is 13.2.